The average Bonchev–Trinajstić information content (AvgIpc) is 3.20. The normalized spacial score (nSPS) is 18.8. The van der Waals surface area contributed by atoms with E-state index in [9.17, 15) is 31.5 Å². The summed E-state index contributed by atoms with van der Waals surface area (Å²) in [5, 5.41) is 10.1. The maximum absolute atomic E-state index is 16.0. The molecule has 1 fully saturated rings. The molecule has 0 radical (unpaired) electrons. The molecular weight excluding hydrogens is 508 g/mol. The molecule has 2 aromatic carbocycles. The van der Waals surface area contributed by atoms with Gasteiger partial charge in [-0.3, -0.25) is 4.98 Å². The van der Waals surface area contributed by atoms with E-state index >= 15 is 4.39 Å². The Hall–Kier alpha value is -3.62. The fourth-order valence-electron chi connectivity index (χ4n) is 3.74. The van der Waals surface area contributed by atoms with Crippen LogP contribution >= 0.6 is 0 Å². The fourth-order valence-corrected chi connectivity index (χ4v) is 5.58. The lowest BCUT2D eigenvalue weighted by Crippen LogP contribution is -2.45. The number of nitrogens with zero attached hydrogens (tertiary/aromatic N) is 3. The highest BCUT2D eigenvalue weighted by molar-refractivity contribution is 7.89. The first-order valence-corrected chi connectivity index (χ1v) is 11.8. The van der Waals surface area contributed by atoms with Gasteiger partial charge in [0, 0.05) is 17.7 Å². The molecular formula is C22H18F4N4O5S. The van der Waals surface area contributed by atoms with Crippen LogP contribution in [-0.4, -0.2) is 58.8 Å². The van der Waals surface area contributed by atoms with Crippen molar-refractivity contribution >= 4 is 21.8 Å². The number of alkyl halides is 3. The Kier molecular flexibility index (Phi) is 6.68. The number of rotatable bonds is 5. The lowest BCUT2D eigenvalue weighted by Gasteiger charge is -2.27. The van der Waals surface area contributed by atoms with E-state index in [4.69, 9.17) is 5.73 Å². The van der Waals surface area contributed by atoms with Gasteiger partial charge in [-0.1, -0.05) is 36.4 Å². The van der Waals surface area contributed by atoms with Gasteiger partial charge in [0.15, 0.2) is 12.0 Å². The van der Waals surface area contributed by atoms with Crippen molar-refractivity contribution in [3.63, 3.8) is 0 Å². The molecule has 1 saturated heterocycles. The third-order valence-corrected chi connectivity index (χ3v) is 7.34. The molecule has 3 aromatic rings. The maximum atomic E-state index is 16.0. The summed E-state index contributed by atoms with van der Waals surface area (Å²) >= 11 is 0. The number of esters is 1. The molecule has 0 spiro atoms. The number of aromatic nitrogens is 2. The number of carbonyl (C=O) groups excluding carboxylic acids is 1. The Balaban J connectivity index is 1.89. The number of benzene rings is 2. The number of nitrogen functional groups attached to an aromatic ring is 1. The van der Waals surface area contributed by atoms with Crippen molar-refractivity contribution in [3.8, 4) is 22.4 Å². The topological polar surface area (TPSA) is 136 Å². The van der Waals surface area contributed by atoms with Crippen LogP contribution in [0, 0.1) is 5.82 Å². The van der Waals surface area contributed by atoms with Crippen molar-refractivity contribution in [2.45, 2.75) is 29.8 Å². The molecule has 1 aliphatic rings. The predicted octanol–water partition coefficient (Wildman–Crippen LogP) is 2.72. The minimum atomic E-state index is -5.44. The molecule has 4 rings (SSSR count). The van der Waals surface area contributed by atoms with Crippen LogP contribution in [0.5, 0.6) is 0 Å². The standard InChI is InChI=1S/C22H18F4N4O5S/c23-18-14(15-10-29-17(27)11-28-15)7-6-13(12-4-2-1-3-5-12)19(18)36(33,34)30-9-8-16(31)20(30)35-21(32)22(24,25)26/h1-7,10-11,16,20,31H,8-9H2,(H2,27,29)/t16-,20?/m1/s1. The number of hydrogen-bond donors (Lipinski definition) is 2. The van der Waals surface area contributed by atoms with Gasteiger partial charge in [-0.05, 0) is 18.1 Å². The van der Waals surface area contributed by atoms with Crippen molar-refractivity contribution in [3.05, 3.63) is 60.7 Å². The van der Waals surface area contributed by atoms with Crippen LogP contribution in [-0.2, 0) is 19.6 Å². The summed E-state index contributed by atoms with van der Waals surface area (Å²) in [6, 6.07) is 10.4. The van der Waals surface area contributed by atoms with Crippen LogP contribution in [0.1, 0.15) is 6.42 Å². The second-order valence-electron chi connectivity index (χ2n) is 7.76. The van der Waals surface area contributed by atoms with Crippen molar-refractivity contribution in [2.24, 2.45) is 0 Å². The smallest absolute Gasteiger partial charge is 0.436 e. The highest BCUT2D eigenvalue weighted by atomic mass is 32.2. The first-order valence-electron chi connectivity index (χ1n) is 10.3. The summed E-state index contributed by atoms with van der Waals surface area (Å²) < 4.78 is 86.4. The number of nitrogens with two attached hydrogens (primary N) is 1. The number of sulfonamides is 1. The monoisotopic (exact) mass is 526 g/mol. The van der Waals surface area contributed by atoms with E-state index in [1.807, 2.05) is 0 Å². The highest BCUT2D eigenvalue weighted by Gasteiger charge is 2.50. The minimum Gasteiger partial charge on any atom is -0.436 e. The summed E-state index contributed by atoms with van der Waals surface area (Å²) in [5.41, 5.74) is 5.36. The summed E-state index contributed by atoms with van der Waals surface area (Å²) in [6.07, 6.45) is -7.50. The van der Waals surface area contributed by atoms with Crippen LogP contribution in [0.15, 0.2) is 59.8 Å². The van der Waals surface area contributed by atoms with Crippen molar-refractivity contribution < 1.29 is 40.6 Å². The van der Waals surface area contributed by atoms with E-state index in [2.05, 4.69) is 14.7 Å². The molecule has 1 aliphatic heterocycles. The molecule has 190 valence electrons. The van der Waals surface area contributed by atoms with Gasteiger partial charge < -0.3 is 15.6 Å². The molecule has 0 aliphatic carbocycles. The summed E-state index contributed by atoms with van der Waals surface area (Å²) in [7, 11) is -4.98. The van der Waals surface area contributed by atoms with E-state index in [-0.39, 0.29) is 34.6 Å². The zero-order valence-corrected chi connectivity index (χ0v) is 19.0. The quantitative estimate of drug-likeness (QED) is 0.383. The van der Waals surface area contributed by atoms with Crippen LogP contribution in [0.4, 0.5) is 23.4 Å². The van der Waals surface area contributed by atoms with E-state index in [1.165, 1.54) is 24.3 Å². The van der Waals surface area contributed by atoms with Gasteiger partial charge in [-0.25, -0.2) is 22.6 Å². The summed E-state index contributed by atoms with van der Waals surface area (Å²) in [6.45, 7) is -0.529. The predicted molar refractivity (Wildman–Crippen MR) is 118 cm³/mol. The Morgan fingerprint density at radius 1 is 1.08 bits per heavy atom. The van der Waals surface area contributed by atoms with Crippen molar-refractivity contribution in [1.29, 1.82) is 0 Å². The van der Waals surface area contributed by atoms with Crippen LogP contribution in [0.2, 0.25) is 0 Å². The summed E-state index contributed by atoms with van der Waals surface area (Å²) in [4.78, 5) is 18.3. The largest absolute Gasteiger partial charge is 0.490 e. The Bertz CT molecular complexity index is 1390. The number of halogens is 4. The van der Waals surface area contributed by atoms with Gasteiger partial charge >= 0.3 is 12.1 Å². The van der Waals surface area contributed by atoms with Gasteiger partial charge in [0.1, 0.15) is 16.8 Å². The number of aliphatic hydroxyl groups excluding tert-OH is 1. The molecule has 0 saturated carbocycles. The van der Waals surface area contributed by atoms with Crippen LogP contribution in [0.3, 0.4) is 0 Å². The Labute approximate surface area is 202 Å². The zero-order valence-electron chi connectivity index (χ0n) is 18.2. The van der Waals surface area contributed by atoms with E-state index < -0.39 is 51.8 Å². The van der Waals surface area contributed by atoms with E-state index in [0.29, 0.717) is 4.31 Å². The second-order valence-corrected chi connectivity index (χ2v) is 9.59. The lowest BCUT2D eigenvalue weighted by molar-refractivity contribution is -0.212. The first kappa shape index (κ1) is 25.5. The first-order chi connectivity index (χ1) is 16.9. The molecule has 0 bridgehead atoms. The van der Waals surface area contributed by atoms with Gasteiger partial charge in [0.05, 0.1) is 18.1 Å². The molecule has 14 heteroatoms. The van der Waals surface area contributed by atoms with E-state index in [1.54, 1.807) is 18.2 Å². The molecule has 36 heavy (non-hydrogen) atoms. The minimum absolute atomic E-state index is 0.0354. The highest BCUT2D eigenvalue weighted by Crippen LogP contribution is 2.39. The van der Waals surface area contributed by atoms with Gasteiger partial charge in [0.25, 0.3) is 0 Å². The summed E-state index contributed by atoms with van der Waals surface area (Å²) in [5.74, 6) is -3.92. The molecule has 2 heterocycles. The lowest BCUT2D eigenvalue weighted by atomic mass is 10.0. The van der Waals surface area contributed by atoms with Gasteiger partial charge in [-0.15, -0.1) is 0 Å². The maximum Gasteiger partial charge on any atom is 0.490 e. The van der Waals surface area contributed by atoms with Gasteiger partial charge in [-0.2, -0.15) is 17.5 Å². The number of aliphatic hydroxyl groups is 1. The van der Waals surface area contributed by atoms with Crippen molar-refractivity contribution in [2.75, 3.05) is 12.3 Å². The van der Waals surface area contributed by atoms with E-state index in [0.717, 1.165) is 12.4 Å². The number of anilines is 1. The SMILES string of the molecule is Nc1cnc(-c2ccc(-c3ccccc3)c(S(=O)(=O)N3CC[C@@H](O)C3OC(=O)C(F)(F)F)c2F)cn1. The molecule has 1 unspecified atom stereocenters. The fraction of sp³-hybridized carbons (Fsp3) is 0.227. The van der Waals surface area contributed by atoms with Crippen LogP contribution < -0.4 is 5.73 Å². The number of ether oxygens (including phenoxy) is 1. The number of carbonyl (C=O) groups is 1. The third kappa shape index (κ3) is 4.74. The zero-order chi connectivity index (χ0) is 26.3. The number of hydrogen-bond acceptors (Lipinski definition) is 8. The van der Waals surface area contributed by atoms with Gasteiger partial charge in [0.2, 0.25) is 10.0 Å². The molecule has 1 aromatic heterocycles. The second kappa shape index (κ2) is 9.44. The molecule has 3 N–H and O–H groups in total. The third-order valence-electron chi connectivity index (χ3n) is 5.41. The Morgan fingerprint density at radius 3 is 2.36 bits per heavy atom. The average molecular weight is 526 g/mol. The Morgan fingerprint density at radius 2 is 1.75 bits per heavy atom. The molecule has 9 nitrogen and oxygen atoms in total. The van der Waals surface area contributed by atoms with Crippen LogP contribution in [0.25, 0.3) is 22.4 Å². The molecule has 0 amide bonds. The van der Waals surface area contributed by atoms with Crippen molar-refractivity contribution in [1.82, 2.24) is 14.3 Å². The molecule has 2 atom stereocenters.